The van der Waals surface area contributed by atoms with E-state index in [4.69, 9.17) is 9.79 Å². The van der Waals surface area contributed by atoms with Gasteiger partial charge in [-0.05, 0) is 12.8 Å². The van der Waals surface area contributed by atoms with Gasteiger partial charge >= 0.3 is 7.82 Å². The van der Waals surface area contributed by atoms with Crippen LogP contribution in [0.1, 0.15) is 71.1 Å². The second-order valence-corrected chi connectivity index (χ2v) is 8.60. The molecule has 1 unspecified atom stereocenters. The van der Waals surface area contributed by atoms with Crippen LogP contribution in [0.4, 0.5) is 0 Å². The van der Waals surface area contributed by atoms with Crippen LogP contribution in [-0.4, -0.2) is 40.1 Å². The molecule has 0 aliphatic heterocycles. The molecule has 0 fully saturated rings. The van der Waals surface area contributed by atoms with Crippen LogP contribution in [0, 0.1) is 0 Å². The number of hydrogen-bond acceptors (Lipinski definition) is 4. The van der Waals surface area contributed by atoms with Crippen molar-refractivity contribution in [3.63, 3.8) is 0 Å². The number of carbonyl (C=O) groups is 1. The van der Waals surface area contributed by atoms with Gasteiger partial charge in [-0.3, -0.25) is 9.32 Å². The fourth-order valence-electron chi connectivity index (χ4n) is 2.67. The van der Waals surface area contributed by atoms with Crippen molar-refractivity contribution in [3.8, 4) is 0 Å². The number of amides is 1. The van der Waals surface area contributed by atoms with E-state index in [9.17, 15) is 14.5 Å². The highest BCUT2D eigenvalue weighted by molar-refractivity contribution is 7.46. The number of allylic oxidation sites excluding steroid dienone is 7. The molecule has 4 N–H and O–H groups in total. The lowest BCUT2D eigenvalue weighted by Gasteiger charge is -2.11. The van der Waals surface area contributed by atoms with E-state index in [1.54, 1.807) is 18.2 Å². The van der Waals surface area contributed by atoms with E-state index in [2.05, 4.69) is 22.8 Å². The summed E-state index contributed by atoms with van der Waals surface area (Å²) in [6.45, 7) is 1.51. The van der Waals surface area contributed by atoms with Crippen molar-refractivity contribution in [2.45, 2.75) is 77.2 Å². The Labute approximate surface area is 187 Å². The van der Waals surface area contributed by atoms with E-state index < -0.39 is 26.4 Å². The minimum absolute atomic E-state index is 0.170. The van der Waals surface area contributed by atoms with Gasteiger partial charge in [-0.15, -0.1) is 0 Å². The van der Waals surface area contributed by atoms with Gasteiger partial charge in [0.15, 0.2) is 0 Å². The van der Waals surface area contributed by atoms with Gasteiger partial charge < -0.3 is 20.2 Å². The molecule has 31 heavy (non-hydrogen) atoms. The zero-order valence-corrected chi connectivity index (χ0v) is 19.6. The third kappa shape index (κ3) is 24.6. The smallest absolute Gasteiger partial charge is 0.389 e. The number of phosphoric acid groups is 1. The fraction of sp³-hybridized carbons (Fsp3) is 0.609. The monoisotopic (exact) mass is 457 g/mol. The summed E-state index contributed by atoms with van der Waals surface area (Å²) >= 11 is 0. The van der Waals surface area contributed by atoms with Crippen LogP contribution in [-0.2, 0) is 13.9 Å². The van der Waals surface area contributed by atoms with Crippen molar-refractivity contribution in [3.05, 3.63) is 48.6 Å². The van der Waals surface area contributed by atoms with Crippen LogP contribution in [0.25, 0.3) is 0 Å². The first-order chi connectivity index (χ1) is 14.8. The van der Waals surface area contributed by atoms with Crippen molar-refractivity contribution in [1.29, 1.82) is 0 Å². The van der Waals surface area contributed by atoms with E-state index in [0.29, 0.717) is 0 Å². The lowest BCUT2D eigenvalue weighted by atomic mass is 10.1. The Hall–Kier alpha value is -1.50. The highest BCUT2D eigenvalue weighted by Gasteiger charge is 2.16. The molecule has 0 saturated heterocycles. The number of rotatable bonds is 19. The average Bonchev–Trinajstić information content (AvgIpc) is 2.72. The van der Waals surface area contributed by atoms with Gasteiger partial charge in [-0.1, -0.05) is 101 Å². The Morgan fingerprint density at radius 1 is 0.903 bits per heavy atom. The normalized spacial score (nSPS) is 13.8. The summed E-state index contributed by atoms with van der Waals surface area (Å²) in [6, 6.07) is 0. The summed E-state index contributed by atoms with van der Waals surface area (Å²) in [4.78, 5) is 28.6. The van der Waals surface area contributed by atoms with Crippen LogP contribution in [0.15, 0.2) is 48.6 Å². The van der Waals surface area contributed by atoms with Crippen LogP contribution in [0.3, 0.4) is 0 Å². The second kappa shape index (κ2) is 20.4. The van der Waals surface area contributed by atoms with E-state index in [0.717, 1.165) is 6.42 Å². The zero-order chi connectivity index (χ0) is 23.2. The van der Waals surface area contributed by atoms with Gasteiger partial charge in [0.2, 0.25) is 5.91 Å². The maximum atomic E-state index is 11.5. The molecule has 0 aromatic carbocycles. The molecule has 0 rings (SSSR count). The van der Waals surface area contributed by atoms with E-state index in [1.165, 1.54) is 63.9 Å². The first-order valence-corrected chi connectivity index (χ1v) is 12.7. The Balaban J connectivity index is 3.68. The maximum absolute atomic E-state index is 11.5. The molecule has 0 aromatic rings. The predicted molar refractivity (Wildman–Crippen MR) is 125 cm³/mol. The first kappa shape index (κ1) is 29.5. The van der Waals surface area contributed by atoms with E-state index in [1.807, 2.05) is 18.2 Å². The molecule has 0 saturated carbocycles. The van der Waals surface area contributed by atoms with Crippen molar-refractivity contribution in [1.82, 2.24) is 5.32 Å². The number of phosphoric ester groups is 1. The van der Waals surface area contributed by atoms with Gasteiger partial charge in [-0.25, -0.2) is 4.57 Å². The van der Waals surface area contributed by atoms with Gasteiger partial charge in [0.05, 0.1) is 12.7 Å². The molecule has 1 amide bonds. The van der Waals surface area contributed by atoms with Gasteiger partial charge in [-0.2, -0.15) is 0 Å². The van der Waals surface area contributed by atoms with Crippen LogP contribution in [0.2, 0.25) is 0 Å². The third-order valence-corrected chi connectivity index (χ3v) is 4.85. The summed E-state index contributed by atoms with van der Waals surface area (Å²) in [5, 5.41) is 11.8. The Morgan fingerprint density at radius 2 is 1.45 bits per heavy atom. The molecule has 0 aromatic heterocycles. The molecule has 0 aliphatic carbocycles. The number of nitrogens with one attached hydrogen (secondary N) is 1. The highest BCUT2D eigenvalue weighted by Crippen LogP contribution is 2.35. The molecular weight excluding hydrogens is 417 g/mol. The molecule has 1 atom stereocenters. The quantitative estimate of drug-likeness (QED) is 0.0965. The summed E-state index contributed by atoms with van der Waals surface area (Å²) in [6.07, 6.45) is 26.3. The zero-order valence-electron chi connectivity index (χ0n) is 18.7. The van der Waals surface area contributed by atoms with Crippen LogP contribution >= 0.6 is 7.82 Å². The lowest BCUT2D eigenvalue weighted by Crippen LogP contribution is -2.33. The van der Waals surface area contributed by atoms with Crippen molar-refractivity contribution in [2.24, 2.45) is 0 Å². The molecule has 8 heteroatoms. The Morgan fingerprint density at radius 3 is 2.06 bits per heavy atom. The minimum Gasteiger partial charge on any atom is -0.389 e. The SMILES string of the molecule is CCCCCCCCCCCC=CC=CC=CC=CC(=O)NCC(O)COP(=O)(O)O. The largest absolute Gasteiger partial charge is 0.469 e. The van der Waals surface area contributed by atoms with E-state index >= 15 is 0 Å². The molecule has 178 valence electrons. The van der Waals surface area contributed by atoms with Crippen LogP contribution in [0.5, 0.6) is 0 Å². The number of hydrogen-bond donors (Lipinski definition) is 4. The van der Waals surface area contributed by atoms with Gasteiger partial charge in [0.1, 0.15) is 0 Å². The summed E-state index contributed by atoms with van der Waals surface area (Å²) in [5.41, 5.74) is 0. The number of unbranched alkanes of at least 4 members (excludes halogenated alkanes) is 9. The topological polar surface area (TPSA) is 116 Å². The molecule has 0 spiro atoms. The Bertz CT molecular complexity index is 609. The fourth-order valence-corrected chi connectivity index (χ4v) is 3.03. The molecular formula is C23H40NO6P. The number of aliphatic hydroxyl groups is 1. The summed E-state index contributed by atoms with van der Waals surface area (Å²) in [5.74, 6) is -0.426. The maximum Gasteiger partial charge on any atom is 0.469 e. The second-order valence-electron chi connectivity index (χ2n) is 7.36. The standard InChI is InChI=1S/C23H40NO6P/c1-2-3-4-5-6-7-8-9-10-11-12-13-14-15-16-17-18-19-23(26)24-20-22(25)21-30-31(27,28)29/h12-19,22,25H,2-11,20-21H2,1H3,(H,24,26)(H2,27,28,29). The lowest BCUT2D eigenvalue weighted by molar-refractivity contribution is -0.117. The van der Waals surface area contributed by atoms with Crippen molar-refractivity contribution >= 4 is 13.7 Å². The van der Waals surface area contributed by atoms with Gasteiger partial charge in [0.25, 0.3) is 0 Å². The molecule has 7 nitrogen and oxygen atoms in total. The summed E-state index contributed by atoms with van der Waals surface area (Å²) in [7, 11) is -4.62. The third-order valence-electron chi connectivity index (χ3n) is 4.36. The van der Waals surface area contributed by atoms with Crippen LogP contribution < -0.4 is 5.32 Å². The molecule has 0 heterocycles. The predicted octanol–water partition coefficient (Wildman–Crippen LogP) is 4.72. The average molecular weight is 458 g/mol. The molecule has 0 radical (unpaired) electrons. The van der Waals surface area contributed by atoms with E-state index in [-0.39, 0.29) is 6.54 Å². The highest BCUT2D eigenvalue weighted by atomic mass is 31.2. The Kier molecular flexibility index (Phi) is 19.4. The molecule has 0 aliphatic rings. The summed E-state index contributed by atoms with van der Waals surface area (Å²) < 4.78 is 14.6. The molecule has 0 bridgehead atoms. The van der Waals surface area contributed by atoms with Crippen molar-refractivity contribution in [2.75, 3.05) is 13.2 Å². The van der Waals surface area contributed by atoms with Crippen molar-refractivity contribution < 1.29 is 28.8 Å². The first-order valence-electron chi connectivity index (χ1n) is 11.2. The minimum atomic E-state index is -4.62. The number of aliphatic hydroxyl groups excluding tert-OH is 1. The number of carbonyl (C=O) groups excluding carboxylic acids is 1. The van der Waals surface area contributed by atoms with Gasteiger partial charge in [0, 0.05) is 12.6 Å².